The molecule has 170 valence electrons. The third kappa shape index (κ3) is 5.01. The number of aromatic nitrogens is 3. The Bertz CT molecular complexity index is 1180. The van der Waals surface area contributed by atoms with Gasteiger partial charge in [-0.05, 0) is 49.1 Å². The van der Waals surface area contributed by atoms with Gasteiger partial charge in [-0.1, -0.05) is 33.3 Å². The van der Waals surface area contributed by atoms with Gasteiger partial charge in [-0.3, -0.25) is 19.1 Å². The van der Waals surface area contributed by atoms with E-state index in [2.05, 4.69) is 4.98 Å². The van der Waals surface area contributed by atoms with Crippen molar-refractivity contribution in [2.75, 3.05) is 17.2 Å². The number of anilines is 2. The van der Waals surface area contributed by atoms with Crippen LogP contribution >= 0.6 is 0 Å². The number of unbranched alkanes of at least 4 members (excludes halogenated alkanes) is 1. The third-order valence-electron chi connectivity index (χ3n) is 5.39. The van der Waals surface area contributed by atoms with Crippen molar-refractivity contribution in [2.45, 2.75) is 46.6 Å². The molecule has 8 heteroatoms. The summed E-state index contributed by atoms with van der Waals surface area (Å²) in [6.07, 6.45) is 6.06. The maximum absolute atomic E-state index is 13.6. The third-order valence-corrected chi connectivity index (χ3v) is 5.39. The molecule has 0 aliphatic heterocycles. The largest absolute Gasteiger partial charge is 0.383 e. The van der Waals surface area contributed by atoms with E-state index >= 15 is 0 Å². The van der Waals surface area contributed by atoms with Gasteiger partial charge < -0.3 is 15.2 Å². The van der Waals surface area contributed by atoms with Crippen molar-refractivity contribution in [2.24, 2.45) is 5.92 Å². The summed E-state index contributed by atoms with van der Waals surface area (Å²) in [7, 11) is 0. The standard InChI is InChI=1S/C24H31N5O3/c1-4-5-14-29-21(25)20(22(30)26-24(29)32)28(15-11-17(2)3)23(31)18-9-8-10-19(16-18)27-12-6-7-13-27/h6-10,12-13,16-17H,4-5,11,14-15,25H2,1-3H3,(H,26,30,32). The molecule has 2 aromatic heterocycles. The van der Waals surface area contributed by atoms with E-state index in [0.29, 0.717) is 31.0 Å². The maximum Gasteiger partial charge on any atom is 0.330 e. The SMILES string of the molecule is CCCCn1c(N)c(N(CCC(C)C)C(=O)c2cccc(-n3cccc3)c2)c(=O)[nH]c1=O. The zero-order valence-corrected chi connectivity index (χ0v) is 18.9. The Morgan fingerprint density at radius 2 is 1.88 bits per heavy atom. The van der Waals surface area contributed by atoms with Gasteiger partial charge in [0.25, 0.3) is 11.5 Å². The van der Waals surface area contributed by atoms with Crippen molar-refractivity contribution in [1.29, 1.82) is 0 Å². The number of amides is 1. The van der Waals surface area contributed by atoms with E-state index in [0.717, 1.165) is 18.5 Å². The molecule has 3 rings (SSSR count). The summed E-state index contributed by atoms with van der Waals surface area (Å²) < 4.78 is 3.24. The van der Waals surface area contributed by atoms with Crippen LogP contribution in [0.2, 0.25) is 0 Å². The van der Waals surface area contributed by atoms with Gasteiger partial charge in [0.1, 0.15) is 5.82 Å². The molecule has 1 aromatic carbocycles. The quantitative estimate of drug-likeness (QED) is 0.535. The molecule has 0 spiro atoms. The minimum atomic E-state index is -0.654. The fourth-order valence-corrected chi connectivity index (χ4v) is 3.54. The highest BCUT2D eigenvalue weighted by molar-refractivity contribution is 6.07. The molecule has 0 fully saturated rings. The van der Waals surface area contributed by atoms with Crippen LogP contribution in [0.1, 0.15) is 50.4 Å². The summed E-state index contributed by atoms with van der Waals surface area (Å²) in [4.78, 5) is 42.5. The van der Waals surface area contributed by atoms with E-state index in [1.54, 1.807) is 18.2 Å². The van der Waals surface area contributed by atoms with Crippen molar-refractivity contribution in [3.05, 3.63) is 75.2 Å². The van der Waals surface area contributed by atoms with Gasteiger partial charge in [0.2, 0.25) is 0 Å². The van der Waals surface area contributed by atoms with Crippen LogP contribution in [0.15, 0.2) is 58.4 Å². The van der Waals surface area contributed by atoms with Crippen molar-refractivity contribution < 1.29 is 4.79 Å². The van der Waals surface area contributed by atoms with E-state index < -0.39 is 11.2 Å². The highest BCUT2D eigenvalue weighted by atomic mass is 16.2. The van der Waals surface area contributed by atoms with Crippen molar-refractivity contribution in [1.82, 2.24) is 14.1 Å². The first-order valence-corrected chi connectivity index (χ1v) is 11.0. The number of hydrogen-bond donors (Lipinski definition) is 2. The van der Waals surface area contributed by atoms with E-state index in [1.807, 2.05) is 55.9 Å². The van der Waals surface area contributed by atoms with E-state index in [9.17, 15) is 14.4 Å². The second kappa shape index (κ2) is 10.2. The molecule has 3 N–H and O–H groups in total. The summed E-state index contributed by atoms with van der Waals surface area (Å²) in [6.45, 7) is 6.78. The number of benzene rings is 1. The van der Waals surface area contributed by atoms with Gasteiger partial charge in [-0.25, -0.2) is 4.79 Å². The zero-order chi connectivity index (χ0) is 23.3. The molecule has 0 saturated carbocycles. The molecule has 1 amide bonds. The molecule has 0 radical (unpaired) electrons. The lowest BCUT2D eigenvalue weighted by Crippen LogP contribution is -2.42. The zero-order valence-electron chi connectivity index (χ0n) is 18.9. The summed E-state index contributed by atoms with van der Waals surface area (Å²) in [5.41, 5.74) is 6.38. The molecular formula is C24H31N5O3. The highest BCUT2D eigenvalue weighted by Crippen LogP contribution is 2.22. The second-order valence-electron chi connectivity index (χ2n) is 8.28. The van der Waals surface area contributed by atoms with Crippen molar-refractivity contribution in [3.8, 4) is 5.69 Å². The Kier molecular flexibility index (Phi) is 7.35. The Labute approximate surface area is 187 Å². The van der Waals surface area contributed by atoms with E-state index in [-0.39, 0.29) is 17.4 Å². The number of aromatic amines is 1. The van der Waals surface area contributed by atoms with Gasteiger partial charge in [0.05, 0.1) is 0 Å². The van der Waals surface area contributed by atoms with Crippen LogP contribution in [-0.4, -0.2) is 26.6 Å². The number of H-pyrrole nitrogens is 1. The monoisotopic (exact) mass is 437 g/mol. The molecule has 0 unspecified atom stereocenters. The van der Waals surface area contributed by atoms with Gasteiger partial charge in [-0.2, -0.15) is 0 Å². The second-order valence-corrected chi connectivity index (χ2v) is 8.28. The van der Waals surface area contributed by atoms with Crippen molar-refractivity contribution >= 4 is 17.4 Å². The van der Waals surface area contributed by atoms with Crippen LogP contribution in [0.5, 0.6) is 0 Å². The highest BCUT2D eigenvalue weighted by Gasteiger charge is 2.25. The number of hydrogen-bond acceptors (Lipinski definition) is 4. The molecule has 0 atom stereocenters. The Morgan fingerprint density at radius 3 is 2.53 bits per heavy atom. The van der Waals surface area contributed by atoms with Gasteiger partial charge in [-0.15, -0.1) is 0 Å². The summed E-state index contributed by atoms with van der Waals surface area (Å²) >= 11 is 0. The predicted molar refractivity (Wildman–Crippen MR) is 128 cm³/mol. The fraction of sp³-hybridized carbons (Fsp3) is 0.375. The number of rotatable bonds is 9. The lowest BCUT2D eigenvalue weighted by molar-refractivity contribution is 0.0985. The number of carbonyl (C=O) groups excluding carboxylic acids is 1. The molecule has 0 aliphatic carbocycles. The average molecular weight is 438 g/mol. The molecule has 0 saturated heterocycles. The first-order valence-electron chi connectivity index (χ1n) is 11.0. The topological polar surface area (TPSA) is 106 Å². The normalized spacial score (nSPS) is 11.1. The number of nitrogen functional groups attached to an aromatic ring is 1. The number of carbonyl (C=O) groups is 1. The van der Waals surface area contributed by atoms with Gasteiger partial charge in [0.15, 0.2) is 5.69 Å². The van der Waals surface area contributed by atoms with Crippen LogP contribution in [0, 0.1) is 5.92 Å². The summed E-state index contributed by atoms with van der Waals surface area (Å²) in [5.74, 6) is -0.00812. The minimum Gasteiger partial charge on any atom is -0.383 e. The first-order chi connectivity index (χ1) is 15.3. The molecular weight excluding hydrogens is 406 g/mol. The fourth-order valence-electron chi connectivity index (χ4n) is 3.54. The number of nitrogens with one attached hydrogen (secondary N) is 1. The van der Waals surface area contributed by atoms with E-state index in [4.69, 9.17) is 5.73 Å². The summed E-state index contributed by atoms with van der Waals surface area (Å²) in [6, 6.07) is 11.0. The lowest BCUT2D eigenvalue weighted by atomic mass is 10.1. The minimum absolute atomic E-state index is 0.0193. The van der Waals surface area contributed by atoms with Crippen LogP contribution in [0.3, 0.4) is 0 Å². The van der Waals surface area contributed by atoms with Crippen molar-refractivity contribution in [3.63, 3.8) is 0 Å². The molecule has 0 aliphatic rings. The molecule has 0 bridgehead atoms. The molecule has 32 heavy (non-hydrogen) atoms. The Hall–Kier alpha value is -3.55. The molecule has 3 aromatic rings. The van der Waals surface area contributed by atoms with Crippen LogP contribution in [0.25, 0.3) is 5.69 Å². The Morgan fingerprint density at radius 1 is 1.16 bits per heavy atom. The summed E-state index contributed by atoms with van der Waals surface area (Å²) in [5, 5.41) is 0. The molecule has 2 heterocycles. The number of nitrogens with two attached hydrogens (primary N) is 1. The lowest BCUT2D eigenvalue weighted by Gasteiger charge is -2.25. The molecule has 8 nitrogen and oxygen atoms in total. The number of nitrogens with zero attached hydrogens (tertiary/aromatic N) is 3. The predicted octanol–water partition coefficient (Wildman–Crippen LogP) is 3.40. The smallest absolute Gasteiger partial charge is 0.330 e. The van der Waals surface area contributed by atoms with Gasteiger partial charge in [0, 0.05) is 36.7 Å². The first kappa shape index (κ1) is 23.1. The van der Waals surface area contributed by atoms with E-state index in [1.165, 1.54) is 9.47 Å². The van der Waals surface area contributed by atoms with Crippen LogP contribution in [-0.2, 0) is 6.54 Å². The van der Waals surface area contributed by atoms with Crippen LogP contribution in [0.4, 0.5) is 11.5 Å². The Balaban J connectivity index is 2.08. The van der Waals surface area contributed by atoms with Gasteiger partial charge >= 0.3 is 5.69 Å². The average Bonchev–Trinajstić information content (AvgIpc) is 3.30. The maximum atomic E-state index is 13.6. The van der Waals surface area contributed by atoms with Crippen LogP contribution < -0.4 is 21.9 Å².